The van der Waals surface area contributed by atoms with Crippen LogP contribution in [0.15, 0.2) is 22.7 Å². The number of likely N-dealkylation sites (tertiary alicyclic amines) is 1. The highest BCUT2D eigenvalue weighted by atomic mass is 35.5. The zero-order chi connectivity index (χ0) is 12.6. The van der Waals surface area contributed by atoms with Gasteiger partial charge >= 0.3 is 0 Å². The Kier molecular flexibility index (Phi) is 5.97. The molecule has 2 rings (SSSR count). The van der Waals surface area contributed by atoms with Gasteiger partial charge in [-0.3, -0.25) is 0 Å². The van der Waals surface area contributed by atoms with Crippen LogP contribution in [0.1, 0.15) is 30.6 Å². The second-order valence-electron chi connectivity index (χ2n) is 4.45. The van der Waals surface area contributed by atoms with Gasteiger partial charge in [-0.2, -0.15) is 0 Å². The zero-order valence-corrected chi connectivity index (χ0v) is 12.1. The van der Waals surface area contributed by atoms with Gasteiger partial charge in [-0.25, -0.2) is 0 Å². The summed E-state index contributed by atoms with van der Waals surface area (Å²) in [7, 11) is 0. The third kappa shape index (κ3) is 4.59. The van der Waals surface area contributed by atoms with Crippen molar-refractivity contribution in [3.8, 4) is 0 Å². The van der Waals surface area contributed by atoms with E-state index in [0.29, 0.717) is 11.8 Å². The molecule has 0 atom stereocenters. The Balaban J connectivity index is 1.59. The van der Waals surface area contributed by atoms with Gasteiger partial charge in [0, 0.05) is 6.54 Å². The second-order valence-corrected chi connectivity index (χ2v) is 5.75. The molecule has 2 heterocycles. The van der Waals surface area contributed by atoms with Crippen molar-refractivity contribution in [1.82, 2.24) is 4.90 Å². The van der Waals surface area contributed by atoms with Crippen LogP contribution in [0.5, 0.6) is 0 Å². The molecule has 0 radical (unpaired) electrons. The average Bonchev–Trinajstić information content (AvgIpc) is 2.93. The van der Waals surface area contributed by atoms with Crippen LogP contribution in [-0.4, -0.2) is 36.3 Å². The molecule has 18 heavy (non-hydrogen) atoms. The van der Waals surface area contributed by atoms with Crippen LogP contribution >= 0.6 is 22.9 Å². The Labute approximate surface area is 117 Å². The highest BCUT2D eigenvalue weighted by Crippen LogP contribution is 2.13. The van der Waals surface area contributed by atoms with Crippen molar-refractivity contribution in [3.63, 3.8) is 0 Å². The summed E-state index contributed by atoms with van der Waals surface area (Å²) in [6.07, 6.45) is 5.07. The fourth-order valence-electron chi connectivity index (χ4n) is 2.08. The van der Waals surface area contributed by atoms with Crippen LogP contribution < -0.4 is 0 Å². The lowest BCUT2D eigenvalue weighted by molar-refractivity contribution is 0.125. The fourth-order valence-corrected chi connectivity index (χ4v) is 2.92. The van der Waals surface area contributed by atoms with E-state index in [2.05, 4.69) is 10.1 Å². The van der Waals surface area contributed by atoms with E-state index < -0.39 is 0 Å². The first-order valence-corrected chi connectivity index (χ1v) is 7.74. The van der Waals surface area contributed by atoms with E-state index in [1.807, 2.05) is 17.5 Å². The van der Waals surface area contributed by atoms with Crippen molar-refractivity contribution < 1.29 is 4.84 Å². The molecule has 1 saturated heterocycles. The predicted molar refractivity (Wildman–Crippen MR) is 77.6 cm³/mol. The third-order valence-corrected chi connectivity index (χ3v) is 4.29. The molecular formula is C13H19ClN2OS. The first-order chi connectivity index (χ1) is 8.86. The molecule has 1 aromatic heterocycles. The first kappa shape index (κ1) is 13.8. The molecule has 0 unspecified atom stereocenters. The minimum atomic E-state index is 0.447. The van der Waals surface area contributed by atoms with Gasteiger partial charge in [0.05, 0.1) is 4.88 Å². The van der Waals surface area contributed by atoms with Crippen molar-refractivity contribution in [2.24, 2.45) is 5.16 Å². The van der Waals surface area contributed by atoms with Gasteiger partial charge < -0.3 is 9.74 Å². The van der Waals surface area contributed by atoms with Crippen molar-refractivity contribution in [2.45, 2.75) is 25.7 Å². The standard InChI is InChI=1S/C13H19ClN2OS/c14-13(12-6-4-11-18-12)15-17-10-5-9-16-7-2-1-3-8-16/h4,6,11H,1-3,5,7-10H2/b15-13-. The van der Waals surface area contributed by atoms with Crippen LogP contribution in [0.25, 0.3) is 0 Å². The van der Waals surface area contributed by atoms with Gasteiger partial charge in [-0.05, 0) is 43.8 Å². The number of oxime groups is 1. The molecular weight excluding hydrogens is 268 g/mol. The van der Waals surface area contributed by atoms with Crippen LogP contribution in [0.3, 0.4) is 0 Å². The maximum Gasteiger partial charge on any atom is 0.185 e. The van der Waals surface area contributed by atoms with Crippen molar-refractivity contribution in [3.05, 3.63) is 22.4 Å². The molecule has 0 saturated carbocycles. The number of nitrogens with zero attached hydrogens (tertiary/aromatic N) is 2. The lowest BCUT2D eigenvalue weighted by Gasteiger charge is -2.25. The molecule has 3 nitrogen and oxygen atoms in total. The molecule has 5 heteroatoms. The highest BCUT2D eigenvalue weighted by molar-refractivity contribution is 7.14. The van der Waals surface area contributed by atoms with E-state index in [9.17, 15) is 0 Å². The summed E-state index contributed by atoms with van der Waals surface area (Å²) in [5.74, 6) is 0. The maximum absolute atomic E-state index is 6.00. The van der Waals surface area contributed by atoms with Crippen molar-refractivity contribution in [1.29, 1.82) is 0 Å². The normalized spacial score (nSPS) is 17.9. The quantitative estimate of drug-likeness (QED) is 0.454. The summed E-state index contributed by atoms with van der Waals surface area (Å²) in [6.45, 7) is 4.21. The molecule has 1 aromatic rings. The van der Waals surface area contributed by atoms with Crippen molar-refractivity contribution >= 4 is 28.1 Å². The summed E-state index contributed by atoms with van der Waals surface area (Å²) in [5.41, 5.74) is 0. The van der Waals surface area contributed by atoms with Gasteiger partial charge in [0.25, 0.3) is 0 Å². The number of piperidine rings is 1. The summed E-state index contributed by atoms with van der Waals surface area (Å²) in [6, 6.07) is 3.89. The molecule has 0 aliphatic carbocycles. The van der Waals surface area contributed by atoms with E-state index in [0.717, 1.165) is 17.8 Å². The van der Waals surface area contributed by atoms with E-state index >= 15 is 0 Å². The first-order valence-electron chi connectivity index (χ1n) is 6.48. The van der Waals surface area contributed by atoms with Crippen molar-refractivity contribution in [2.75, 3.05) is 26.2 Å². The lowest BCUT2D eigenvalue weighted by Crippen LogP contribution is -2.31. The predicted octanol–water partition coefficient (Wildman–Crippen LogP) is 3.54. The van der Waals surface area contributed by atoms with Crippen LogP contribution in [0.2, 0.25) is 0 Å². The minimum absolute atomic E-state index is 0.447. The Morgan fingerprint density at radius 1 is 1.39 bits per heavy atom. The van der Waals surface area contributed by atoms with Gasteiger partial charge in [-0.1, -0.05) is 29.2 Å². The molecule has 0 aromatic carbocycles. The number of thiophene rings is 1. The Morgan fingerprint density at radius 2 is 2.22 bits per heavy atom. The van der Waals surface area contributed by atoms with Gasteiger partial charge in [0.15, 0.2) is 5.17 Å². The largest absolute Gasteiger partial charge is 0.395 e. The molecule has 1 fully saturated rings. The van der Waals surface area contributed by atoms with Gasteiger partial charge in [-0.15, -0.1) is 11.3 Å². The van der Waals surface area contributed by atoms with E-state index in [-0.39, 0.29) is 0 Å². The second kappa shape index (κ2) is 7.77. The third-order valence-electron chi connectivity index (χ3n) is 3.03. The summed E-state index contributed by atoms with van der Waals surface area (Å²) in [4.78, 5) is 8.70. The Bertz CT molecular complexity index is 361. The SMILES string of the molecule is Cl/C(=N\OCCCN1CCCCC1)c1cccs1. The average molecular weight is 287 g/mol. The number of halogens is 1. The van der Waals surface area contributed by atoms with E-state index in [1.54, 1.807) is 11.3 Å². The topological polar surface area (TPSA) is 24.8 Å². The van der Waals surface area contributed by atoms with Crippen LogP contribution in [-0.2, 0) is 4.84 Å². The van der Waals surface area contributed by atoms with E-state index in [4.69, 9.17) is 16.4 Å². The number of hydrogen-bond acceptors (Lipinski definition) is 4. The Hall–Kier alpha value is -0.580. The molecule has 0 amide bonds. The van der Waals surface area contributed by atoms with Gasteiger partial charge in [0.1, 0.15) is 6.61 Å². The molecule has 0 N–H and O–H groups in total. The minimum Gasteiger partial charge on any atom is -0.395 e. The number of rotatable bonds is 6. The molecule has 1 aliphatic rings. The smallest absolute Gasteiger partial charge is 0.185 e. The zero-order valence-electron chi connectivity index (χ0n) is 10.5. The summed E-state index contributed by atoms with van der Waals surface area (Å²) < 4.78 is 0. The van der Waals surface area contributed by atoms with Gasteiger partial charge in [0.2, 0.25) is 0 Å². The van der Waals surface area contributed by atoms with Crippen LogP contribution in [0, 0.1) is 0 Å². The molecule has 0 spiro atoms. The molecule has 1 aliphatic heterocycles. The monoisotopic (exact) mass is 286 g/mol. The number of hydrogen-bond donors (Lipinski definition) is 0. The fraction of sp³-hybridized carbons (Fsp3) is 0.615. The lowest BCUT2D eigenvalue weighted by atomic mass is 10.1. The summed E-state index contributed by atoms with van der Waals surface area (Å²) >= 11 is 7.57. The van der Waals surface area contributed by atoms with Crippen LogP contribution in [0.4, 0.5) is 0 Å². The molecule has 100 valence electrons. The summed E-state index contributed by atoms with van der Waals surface area (Å²) in [5, 5.41) is 6.35. The molecule has 0 bridgehead atoms. The highest BCUT2D eigenvalue weighted by Gasteiger charge is 2.09. The Morgan fingerprint density at radius 3 is 2.94 bits per heavy atom. The maximum atomic E-state index is 6.00. The van der Waals surface area contributed by atoms with E-state index in [1.165, 1.54) is 32.4 Å².